The minimum absolute atomic E-state index is 0.0453. The summed E-state index contributed by atoms with van der Waals surface area (Å²) in [6.45, 7) is 8.09. The van der Waals surface area contributed by atoms with Crippen molar-refractivity contribution in [2.24, 2.45) is 0 Å². The number of aromatic nitrogens is 1. The maximum atomic E-state index is 11.8. The average Bonchev–Trinajstić information content (AvgIpc) is 2.93. The number of methoxy groups -OCH3 is 2. The Morgan fingerprint density at radius 2 is 1.76 bits per heavy atom. The molecule has 0 saturated carbocycles. The second kappa shape index (κ2) is 8.14. The molecule has 8 heteroatoms. The first-order valence-electron chi connectivity index (χ1n) is 9.34. The van der Waals surface area contributed by atoms with E-state index in [1.54, 1.807) is 24.4 Å². The highest BCUT2D eigenvalue weighted by molar-refractivity contribution is 6.62. The number of benzene rings is 1. The van der Waals surface area contributed by atoms with Crippen LogP contribution < -0.4 is 10.2 Å². The van der Waals surface area contributed by atoms with E-state index < -0.39 is 24.3 Å². The third-order valence-corrected chi connectivity index (χ3v) is 5.32. The van der Waals surface area contributed by atoms with Crippen molar-refractivity contribution >= 4 is 18.6 Å². The second-order valence-electron chi connectivity index (χ2n) is 7.82. The summed E-state index contributed by atoms with van der Waals surface area (Å²) in [6.07, 6.45) is 1.73. The molecule has 0 aliphatic carbocycles. The molecule has 29 heavy (non-hydrogen) atoms. The van der Waals surface area contributed by atoms with Gasteiger partial charge in [-0.05, 0) is 52.0 Å². The number of carbonyl (C=O) groups excluding carboxylic acids is 1. The molecule has 0 amide bonds. The minimum atomic E-state index is -0.479. The lowest BCUT2D eigenvalue weighted by molar-refractivity contribution is 0.00578. The maximum Gasteiger partial charge on any atom is 0.496 e. The van der Waals surface area contributed by atoms with Gasteiger partial charge < -0.3 is 23.5 Å². The van der Waals surface area contributed by atoms with Crippen LogP contribution in [0.3, 0.4) is 0 Å². The summed E-state index contributed by atoms with van der Waals surface area (Å²) in [5.74, 6) is 0.0357. The van der Waals surface area contributed by atoms with Gasteiger partial charge in [0.15, 0.2) is 6.79 Å². The van der Waals surface area contributed by atoms with Gasteiger partial charge in [0.05, 0.1) is 29.6 Å². The number of nitrogens with zero attached hydrogens (tertiary/aromatic N) is 1. The van der Waals surface area contributed by atoms with Crippen molar-refractivity contribution in [3.8, 4) is 17.0 Å². The van der Waals surface area contributed by atoms with E-state index in [0.717, 1.165) is 11.0 Å². The molecule has 0 radical (unpaired) electrons. The van der Waals surface area contributed by atoms with Gasteiger partial charge in [-0.2, -0.15) is 0 Å². The van der Waals surface area contributed by atoms with Crippen LogP contribution in [-0.4, -0.2) is 50.3 Å². The van der Waals surface area contributed by atoms with Gasteiger partial charge in [-0.25, -0.2) is 4.79 Å². The normalized spacial score (nSPS) is 17.2. The molecule has 1 aliphatic rings. The number of pyridine rings is 1. The van der Waals surface area contributed by atoms with Gasteiger partial charge in [0.1, 0.15) is 5.75 Å². The Morgan fingerprint density at radius 1 is 1.07 bits per heavy atom. The highest BCUT2D eigenvalue weighted by atomic mass is 16.7. The van der Waals surface area contributed by atoms with E-state index in [2.05, 4.69) is 4.98 Å². The van der Waals surface area contributed by atoms with Crippen molar-refractivity contribution in [3.05, 3.63) is 42.1 Å². The van der Waals surface area contributed by atoms with E-state index >= 15 is 0 Å². The number of hydrogen-bond donors (Lipinski definition) is 0. The molecule has 1 aliphatic heterocycles. The summed E-state index contributed by atoms with van der Waals surface area (Å²) in [7, 11) is 2.39. The van der Waals surface area contributed by atoms with Crippen molar-refractivity contribution in [2.75, 3.05) is 21.0 Å². The summed E-state index contributed by atoms with van der Waals surface area (Å²) in [4.78, 5) is 16.4. The predicted molar refractivity (Wildman–Crippen MR) is 109 cm³/mol. The average molecular weight is 399 g/mol. The van der Waals surface area contributed by atoms with Crippen LogP contribution in [0.2, 0.25) is 0 Å². The smallest absolute Gasteiger partial charge is 0.467 e. The third-order valence-electron chi connectivity index (χ3n) is 5.32. The quantitative estimate of drug-likeness (QED) is 0.420. The van der Waals surface area contributed by atoms with E-state index in [1.807, 2.05) is 39.8 Å². The van der Waals surface area contributed by atoms with Crippen molar-refractivity contribution in [2.45, 2.75) is 38.9 Å². The SMILES string of the molecule is COCOc1cc(C(=O)OC)ccc1-c1ccc(B2OC(C)(C)C(C)(C)O2)cn1. The molecule has 1 fully saturated rings. The number of ether oxygens (including phenoxy) is 3. The van der Waals surface area contributed by atoms with Crippen molar-refractivity contribution in [3.63, 3.8) is 0 Å². The molecule has 0 bridgehead atoms. The van der Waals surface area contributed by atoms with Crippen LogP contribution in [-0.2, 0) is 18.8 Å². The van der Waals surface area contributed by atoms with Crippen LogP contribution in [0.25, 0.3) is 11.3 Å². The summed E-state index contributed by atoms with van der Waals surface area (Å²) < 4.78 is 27.6. The Bertz CT molecular complexity index is 865. The van der Waals surface area contributed by atoms with Crippen LogP contribution in [0.15, 0.2) is 36.5 Å². The Morgan fingerprint density at radius 3 is 2.31 bits per heavy atom. The zero-order valence-electron chi connectivity index (χ0n) is 17.6. The molecule has 3 rings (SSSR count). The number of hydrogen-bond acceptors (Lipinski definition) is 7. The maximum absolute atomic E-state index is 11.8. The van der Waals surface area contributed by atoms with Gasteiger partial charge >= 0.3 is 13.1 Å². The molecule has 1 saturated heterocycles. The van der Waals surface area contributed by atoms with Gasteiger partial charge in [-0.15, -0.1) is 0 Å². The van der Waals surface area contributed by atoms with Gasteiger partial charge in [-0.3, -0.25) is 4.98 Å². The molecule has 0 unspecified atom stereocenters. The van der Waals surface area contributed by atoms with Crippen molar-refractivity contribution in [1.29, 1.82) is 0 Å². The number of esters is 1. The van der Waals surface area contributed by atoms with Crippen LogP contribution in [0.1, 0.15) is 38.1 Å². The largest absolute Gasteiger partial charge is 0.496 e. The standard InChI is InChI=1S/C21H26BNO6/c1-20(2)21(3,4)29-22(28-20)15-8-10-17(23-12-15)16-9-7-14(19(24)26-6)11-18(16)27-13-25-5/h7-12H,13H2,1-6H3. The summed E-state index contributed by atoms with van der Waals surface area (Å²) in [6, 6.07) is 8.84. The van der Waals surface area contributed by atoms with Crippen LogP contribution in [0.4, 0.5) is 0 Å². The predicted octanol–water partition coefficient (Wildman–Crippen LogP) is 2.82. The minimum Gasteiger partial charge on any atom is -0.467 e. The molecule has 0 spiro atoms. The van der Waals surface area contributed by atoms with Crippen LogP contribution in [0, 0.1) is 0 Å². The molecule has 154 valence electrons. The zero-order chi connectivity index (χ0) is 21.2. The van der Waals surface area contributed by atoms with Gasteiger partial charge in [0.25, 0.3) is 0 Å². The highest BCUT2D eigenvalue weighted by Crippen LogP contribution is 2.36. The first-order valence-corrected chi connectivity index (χ1v) is 9.34. The van der Waals surface area contributed by atoms with Crippen LogP contribution >= 0.6 is 0 Å². The monoisotopic (exact) mass is 399 g/mol. The summed E-state index contributed by atoms with van der Waals surface area (Å²) in [5, 5.41) is 0. The Labute approximate surface area is 171 Å². The van der Waals surface area contributed by atoms with Crippen molar-refractivity contribution < 1.29 is 28.3 Å². The summed E-state index contributed by atoms with van der Waals surface area (Å²) in [5.41, 5.74) is 1.81. The Kier molecular flexibility index (Phi) is 5.98. The number of carbonyl (C=O) groups is 1. The number of rotatable bonds is 6. The fraction of sp³-hybridized carbons (Fsp3) is 0.429. The Balaban J connectivity index is 1.88. The lowest BCUT2D eigenvalue weighted by Gasteiger charge is -2.32. The fourth-order valence-corrected chi connectivity index (χ4v) is 2.90. The van der Waals surface area contributed by atoms with Gasteiger partial charge in [-0.1, -0.05) is 6.07 Å². The van der Waals surface area contributed by atoms with E-state index in [9.17, 15) is 4.79 Å². The fourth-order valence-electron chi connectivity index (χ4n) is 2.90. The third kappa shape index (κ3) is 4.29. The van der Waals surface area contributed by atoms with Gasteiger partial charge in [0.2, 0.25) is 0 Å². The Hall–Kier alpha value is -2.42. The highest BCUT2D eigenvalue weighted by Gasteiger charge is 2.51. The molecule has 1 aromatic heterocycles. The molecular formula is C21H26BNO6. The van der Waals surface area contributed by atoms with E-state index in [0.29, 0.717) is 17.0 Å². The van der Waals surface area contributed by atoms with Crippen molar-refractivity contribution in [1.82, 2.24) is 4.98 Å². The molecule has 7 nitrogen and oxygen atoms in total. The lowest BCUT2D eigenvalue weighted by Crippen LogP contribution is -2.41. The zero-order valence-corrected chi connectivity index (χ0v) is 17.6. The molecule has 1 aromatic carbocycles. The molecule has 0 atom stereocenters. The molecule has 2 heterocycles. The second-order valence-corrected chi connectivity index (χ2v) is 7.82. The van der Waals surface area contributed by atoms with E-state index in [-0.39, 0.29) is 6.79 Å². The first-order chi connectivity index (χ1) is 13.7. The van der Waals surface area contributed by atoms with E-state index in [4.69, 9.17) is 23.5 Å². The van der Waals surface area contributed by atoms with Gasteiger partial charge in [0, 0.05) is 24.3 Å². The lowest BCUT2D eigenvalue weighted by atomic mass is 9.80. The van der Waals surface area contributed by atoms with Crippen LogP contribution in [0.5, 0.6) is 5.75 Å². The molecular weight excluding hydrogens is 373 g/mol. The summed E-state index contributed by atoms with van der Waals surface area (Å²) >= 11 is 0. The first kappa shape index (κ1) is 21.3. The van der Waals surface area contributed by atoms with E-state index in [1.165, 1.54) is 14.2 Å². The topological polar surface area (TPSA) is 76.1 Å². The molecule has 2 aromatic rings. The molecule has 0 N–H and O–H groups in total.